The van der Waals surface area contributed by atoms with Crippen LogP contribution in [-0.4, -0.2) is 43.2 Å². The van der Waals surface area contributed by atoms with E-state index in [1.54, 1.807) is 0 Å². The van der Waals surface area contributed by atoms with Gasteiger partial charge in [0.25, 0.3) is 11.6 Å². The molecule has 1 aromatic carbocycles. The van der Waals surface area contributed by atoms with Crippen LogP contribution in [0.15, 0.2) is 12.1 Å². The quantitative estimate of drug-likeness (QED) is 0.368. The van der Waals surface area contributed by atoms with E-state index in [0.29, 0.717) is 12.5 Å². The topological polar surface area (TPSA) is 117 Å². The van der Waals surface area contributed by atoms with Gasteiger partial charge in [-0.3, -0.25) is 14.9 Å². The number of carbonyl (C=O) groups excluding carboxylic acids is 2. The zero-order valence-electron chi connectivity index (χ0n) is 16.2. The molecule has 154 valence electrons. The first kappa shape index (κ1) is 21.5. The monoisotopic (exact) mass is 394 g/mol. The van der Waals surface area contributed by atoms with Gasteiger partial charge in [0.1, 0.15) is 18.8 Å². The van der Waals surface area contributed by atoms with Crippen LogP contribution < -0.4 is 14.8 Å². The maximum Gasteiger partial charge on any atom is 0.345 e. The summed E-state index contributed by atoms with van der Waals surface area (Å²) >= 11 is 0. The lowest BCUT2D eigenvalue weighted by Crippen LogP contribution is -2.33. The highest BCUT2D eigenvalue weighted by Crippen LogP contribution is 2.36. The Labute approximate surface area is 163 Å². The van der Waals surface area contributed by atoms with Gasteiger partial charge >= 0.3 is 5.97 Å². The highest BCUT2D eigenvalue weighted by molar-refractivity contribution is 5.96. The predicted molar refractivity (Wildman–Crippen MR) is 101 cm³/mol. The van der Waals surface area contributed by atoms with Crippen molar-refractivity contribution in [2.24, 2.45) is 5.92 Å². The first-order valence-corrected chi connectivity index (χ1v) is 9.48. The van der Waals surface area contributed by atoms with Crippen molar-refractivity contribution in [1.82, 2.24) is 5.32 Å². The number of rotatable bonds is 10. The first-order chi connectivity index (χ1) is 13.5. The third kappa shape index (κ3) is 5.83. The summed E-state index contributed by atoms with van der Waals surface area (Å²) in [5, 5.41) is 14.0. The second kappa shape index (κ2) is 10.5. The molecule has 1 aromatic rings. The van der Waals surface area contributed by atoms with Gasteiger partial charge in [-0.25, -0.2) is 4.79 Å². The van der Waals surface area contributed by atoms with E-state index in [1.165, 1.54) is 6.07 Å². The minimum Gasteiger partial charge on any atom is -0.486 e. The van der Waals surface area contributed by atoms with E-state index < -0.39 is 29.1 Å². The second-order valence-corrected chi connectivity index (χ2v) is 6.57. The highest BCUT2D eigenvalue weighted by atomic mass is 16.6. The molecular formula is C19H26N2O7. The molecule has 1 atom stereocenters. The third-order valence-corrected chi connectivity index (χ3v) is 4.54. The number of ether oxygens (including phenoxy) is 3. The Kier molecular flexibility index (Phi) is 8.03. The van der Waals surface area contributed by atoms with Crippen LogP contribution in [-0.2, 0) is 9.53 Å². The molecule has 0 radical (unpaired) electrons. The van der Waals surface area contributed by atoms with Gasteiger partial charge in [-0.05, 0) is 12.3 Å². The third-order valence-electron chi connectivity index (χ3n) is 4.54. The summed E-state index contributed by atoms with van der Waals surface area (Å²) in [5.74, 6) is -0.598. The average Bonchev–Trinajstić information content (AvgIpc) is 2.71. The maximum absolute atomic E-state index is 12.3. The van der Waals surface area contributed by atoms with Crippen LogP contribution in [0.25, 0.3) is 0 Å². The number of fused-ring (bicyclic) bond motifs is 1. The second-order valence-electron chi connectivity index (χ2n) is 6.57. The van der Waals surface area contributed by atoms with E-state index in [2.05, 4.69) is 19.2 Å². The van der Waals surface area contributed by atoms with E-state index >= 15 is 0 Å². The SMILES string of the molecule is CCCC[C@H](CC)CNC(=O)COC(=O)c1cc2c(cc1[N+](=O)[O-])OCCO2. The Morgan fingerprint density at radius 3 is 2.54 bits per heavy atom. The van der Waals surface area contributed by atoms with Crippen LogP contribution in [0, 0.1) is 16.0 Å². The maximum atomic E-state index is 12.3. The molecule has 1 amide bonds. The highest BCUT2D eigenvalue weighted by Gasteiger charge is 2.27. The molecule has 28 heavy (non-hydrogen) atoms. The molecule has 0 saturated heterocycles. The molecule has 1 aliphatic heterocycles. The lowest BCUT2D eigenvalue weighted by atomic mass is 9.99. The molecule has 0 fully saturated rings. The fraction of sp³-hybridized carbons (Fsp3) is 0.579. The van der Waals surface area contributed by atoms with Crippen LogP contribution in [0.1, 0.15) is 49.9 Å². The van der Waals surface area contributed by atoms with Gasteiger partial charge in [-0.2, -0.15) is 0 Å². The number of nitrogens with zero attached hydrogens (tertiary/aromatic N) is 1. The molecule has 9 nitrogen and oxygen atoms in total. The molecule has 1 aliphatic rings. The molecule has 1 heterocycles. The minimum absolute atomic E-state index is 0.199. The predicted octanol–water partition coefficient (Wildman–Crippen LogP) is 2.86. The van der Waals surface area contributed by atoms with E-state index in [-0.39, 0.29) is 30.3 Å². The molecule has 0 spiro atoms. The summed E-state index contributed by atoms with van der Waals surface area (Å²) in [6, 6.07) is 2.34. The minimum atomic E-state index is -0.961. The lowest BCUT2D eigenvalue weighted by molar-refractivity contribution is -0.385. The summed E-state index contributed by atoms with van der Waals surface area (Å²) in [6.45, 7) is 4.73. The molecule has 9 heteroatoms. The van der Waals surface area contributed by atoms with Crippen LogP contribution in [0.4, 0.5) is 5.69 Å². The molecule has 0 aliphatic carbocycles. The molecule has 1 N–H and O–H groups in total. The van der Waals surface area contributed by atoms with Gasteiger partial charge in [0.05, 0.1) is 11.0 Å². The summed E-state index contributed by atoms with van der Waals surface area (Å²) < 4.78 is 15.6. The van der Waals surface area contributed by atoms with Crippen LogP contribution in [0.3, 0.4) is 0 Å². The number of unbranched alkanes of at least 4 members (excludes halogenated alkanes) is 1. The molecule has 2 rings (SSSR count). The molecule has 0 aromatic heterocycles. The zero-order chi connectivity index (χ0) is 20.5. The Hall–Kier alpha value is -2.84. The fourth-order valence-corrected chi connectivity index (χ4v) is 2.85. The van der Waals surface area contributed by atoms with Crippen molar-refractivity contribution < 1.29 is 28.7 Å². The molecule has 0 saturated carbocycles. The number of benzene rings is 1. The van der Waals surface area contributed by atoms with Crippen molar-refractivity contribution in [3.63, 3.8) is 0 Å². The molecular weight excluding hydrogens is 368 g/mol. The van der Waals surface area contributed by atoms with Crippen molar-refractivity contribution in [2.75, 3.05) is 26.4 Å². The number of carbonyl (C=O) groups is 2. The van der Waals surface area contributed by atoms with Crippen LogP contribution in [0.2, 0.25) is 0 Å². The largest absolute Gasteiger partial charge is 0.486 e. The summed E-state index contributed by atoms with van der Waals surface area (Å²) in [5.41, 5.74) is -0.739. The standard InChI is InChI=1S/C19H26N2O7/c1-3-5-6-13(4-2)11-20-18(22)12-28-19(23)14-9-16-17(27-8-7-26-16)10-15(14)21(24)25/h9-10,13H,3-8,11-12H2,1-2H3,(H,20,22)/t13-/m0/s1. The van der Waals surface area contributed by atoms with Gasteiger partial charge in [-0.15, -0.1) is 0 Å². The fourth-order valence-electron chi connectivity index (χ4n) is 2.85. The van der Waals surface area contributed by atoms with Crippen molar-refractivity contribution in [2.45, 2.75) is 39.5 Å². The van der Waals surface area contributed by atoms with Gasteiger partial charge < -0.3 is 19.5 Å². The molecule has 0 bridgehead atoms. The number of hydrogen-bond donors (Lipinski definition) is 1. The van der Waals surface area contributed by atoms with E-state index in [0.717, 1.165) is 31.7 Å². The summed E-state index contributed by atoms with van der Waals surface area (Å²) in [4.78, 5) is 34.8. The Balaban J connectivity index is 1.95. The normalized spacial score (nSPS) is 13.5. The summed E-state index contributed by atoms with van der Waals surface area (Å²) in [6.07, 6.45) is 4.16. The van der Waals surface area contributed by atoms with Gasteiger partial charge in [0, 0.05) is 12.6 Å². The van der Waals surface area contributed by atoms with E-state index in [1.807, 2.05) is 0 Å². The van der Waals surface area contributed by atoms with Crippen LogP contribution >= 0.6 is 0 Å². The van der Waals surface area contributed by atoms with E-state index in [4.69, 9.17) is 14.2 Å². The van der Waals surface area contributed by atoms with Crippen molar-refractivity contribution in [1.29, 1.82) is 0 Å². The number of nitrogens with one attached hydrogen (secondary N) is 1. The van der Waals surface area contributed by atoms with Crippen molar-refractivity contribution >= 4 is 17.6 Å². The van der Waals surface area contributed by atoms with E-state index in [9.17, 15) is 19.7 Å². The number of nitro groups is 1. The number of esters is 1. The average molecular weight is 394 g/mol. The van der Waals surface area contributed by atoms with Crippen molar-refractivity contribution in [3.05, 3.63) is 27.8 Å². The first-order valence-electron chi connectivity index (χ1n) is 9.48. The number of nitro benzene ring substituents is 1. The number of amides is 1. The smallest absolute Gasteiger partial charge is 0.345 e. The van der Waals surface area contributed by atoms with Crippen LogP contribution in [0.5, 0.6) is 11.5 Å². The molecule has 0 unspecified atom stereocenters. The lowest BCUT2D eigenvalue weighted by Gasteiger charge is -2.18. The Morgan fingerprint density at radius 2 is 1.93 bits per heavy atom. The Morgan fingerprint density at radius 1 is 1.25 bits per heavy atom. The van der Waals surface area contributed by atoms with Gasteiger partial charge in [-0.1, -0.05) is 33.1 Å². The van der Waals surface area contributed by atoms with Gasteiger partial charge in [0.2, 0.25) is 0 Å². The zero-order valence-corrected chi connectivity index (χ0v) is 16.2. The Bertz CT molecular complexity index is 720. The summed E-state index contributed by atoms with van der Waals surface area (Å²) in [7, 11) is 0. The van der Waals surface area contributed by atoms with Crippen molar-refractivity contribution in [3.8, 4) is 11.5 Å². The van der Waals surface area contributed by atoms with Gasteiger partial charge in [0.15, 0.2) is 18.1 Å². The number of hydrogen-bond acceptors (Lipinski definition) is 7.